The molecule has 2 aliphatic rings. The summed E-state index contributed by atoms with van der Waals surface area (Å²) in [6, 6.07) is 9.33. The zero-order chi connectivity index (χ0) is 13.1. The minimum Gasteiger partial charge on any atom is -0.369 e. The number of hydrogen-bond donors (Lipinski definition) is 1. The third-order valence-electron chi connectivity index (χ3n) is 4.47. The molecule has 0 bridgehead atoms. The number of nitrogens with zero attached hydrogens (tertiary/aromatic N) is 2. The topological polar surface area (TPSA) is 18.5 Å². The summed E-state index contributed by atoms with van der Waals surface area (Å²) in [7, 11) is 2.24. The van der Waals surface area contributed by atoms with Crippen LogP contribution in [0.25, 0.3) is 0 Å². The largest absolute Gasteiger partial charge is 0.369 e. The van der Waals surface area contributed by atoms with Crippen LogP contribution >= 0.6 is 0 Å². The highest BCUT2D eigenvalue weighted by Gasteiger charge is 2.19. The van der Waals surface area contributed by atoms with E-state index in [1.807, 2.05) is 0 Å². The van der Waals surface area contributed by atoms with Crippen LogP contribution in [0.3, 0.4) is 0 Å². The molecule has 0 spiro atoms. The predicted octanol–water partition coefficient (Wildman–Crippen LogP) is 1.91. The zero-order valence-corrected chi connectivity index (χ0v) is 11.9. The van der Waals surface area contributed by atoms with Crippen molar-refractivity contribution in [3.05, 3.63) is 29.8 Å². The molecular weight excluding hydrogens is 234 g/mol. The van der Waals surface area contributed by atoms with E-state index in [-0.39, 0.29) is 0 Å². The molecule has 19 heavy (non-hydrogen) atoms. The Morgan fingerprint density at radius 1 is 1.05 bits per heavy atom. The van der Waals surface area contributed by atoms with Crippen LogP contribution in [0.1, 0.15) is 24.3 Å². The standard InChI is InChI=1S/C16H25N3/c1-18-10-2-3-15(13-18)14-4-6-16(7-5-14)19-11-8-17-9-12-19/h4-7,15,17H,2-3,8-13H2,1H3. The van der Waals surface area contributed by atoms with Crippen LogP contribution in [-0.4, -0.2) is 51.2 Å². The Labute approximate surface area is 116 Å². The van der Waals surface area contributed by atoms with E-state index in [9.17, 15) is 0 Å². The fourth-order valence-corrected chi connectivity index (χ4v) is 3.32. The maximum absolute atomic E-state index is 3.41. The number of hydrogen-bond acceptors (Lipinski definition) is 3. The maximum atomic E-state index is 3.41. The quantitative estimate of drug-likeness (QED) is 0.875. The van der Waals surface area contributed by atoms with Gasteiger partial charge in [-0.2, -0.15) is 0 Å². The predicted molar refractivity (Wildman–Crippen MR) is 81.0 cm³/mol. The van der Waals surface area contributed by atoms with E-state index in [0.717, 1.165) is 32.1 Å². The van der Waals surface area contributed by atoms with E-state index in [4.69, 9.17) is 0 Å². The summed E-state index contributed by atoms with van der Waals surface area (Å²) >= 11 is 0. The first kappa shape index (κ1) is 12.9. The van der Waals surface area contributed by atoms with Gasteiger partial charge in [0.1, 0.15) is 0 Å². The lowest BCUT2D eigenvalue weighted by Gasteiger charge is -2.31. The molecule has 3 nitrogen and oxygen atoms in total. The molecule has 0 amide bonds. The van der Waals surface area contributed by atoms with Gasteiger partial charge in [0.25, 0.3) is 0 Å². The summed E-state index contributed by atoms with van der Waals surface area (Å²) in [6.45, 7) is 6.95. The lowest BCUT2D eigenvalue weighted by Crippen LogP contribution is -2.43. The van der Waals surface area contributed by atoms with Crippen LogP contribution in [0.4, 0.5) is 5.69 Å². The van der Waals surface area contributed by atoms with E-state index >= 15 is 0 Å². The van der Waals surface area contributed by atoms with Crippen molar-refractivity contribution in [2.75, 3.05) is 51.2 Å². The molecule has 0 radical (unpaired) electrons. The Hall–Kier alpha value is -1.06. The summed E-state index contributed by atoms with van der Waals surface area (Å²) in [4.78, 5) is 4.94. The minimum atomic E-state index is 0.732. The molecule has 2 aliphatic heterocycles. The third kappa shape index (κ3) is 3.10. The van der Waals surface area contributed by atoms with E-state index < -0.39 is 0 Å². The highest BCUT2D eigenvalue weighted by molar-refractivity contribution is 5.48. The normalized spacial score (nSPS) is 25.5. The molecule has 0 saturated carbocycles. The fraction of sp³-hybridized carbons (Fsp3) is 0.625. The number of likely N-dealkylation sites (N-methyl/N-ethyl adjacent to an activating group) is 1. The number of piperidine rings is 1. The van der Waals surface area contributed by atoms with Crippen molar-refractivity contribution in [1.29, 1.82) is 0 Å². The summed E-state index contributed by atoms with van der Waals surface area (Å²) in [5.41, 5.74) is 2.90. The Morgan fingerprint density at radius 3 is 2.47 bits per heavy atom. The fourth-order valence-electron chi connectivity index (χ4n) is 3.32. The first-order chi connectivity index (χ1) is 9.33. The Balaban J connectivity index is 1.67. The van der Waals surface area contributed by atoms with Gasteiger partial charge < -0.3 is 15.1 Å². The smallest absolute Gasteiger partial charge is 0.0367 e. The van der Waals surface area contributed by atoms with Crippen LogP contribution in [0.2, 0.25) is 0 Å². The van der Waals surface area contributed by atoms with Gasteiger partial charge in [-0.15, -0.1) is 0 Å². The lowest BCUT2D eigenvalue weighted by atomic mass is 9.91. The van der Waals surface area contributed by atoms with Gasteiger partial charge in [0.05, 0.1) is 0 Å². The third-order valence-corrected chi connectivity index (χ3v) is 4.47. The molecule has 3 heteroatoms. The summed E-state index contributed by atoms with van der Waals surface area (Å²) in [6.07, 6.45) is 2.68. The van der Waals surface area contributed by atoms with E-state index in [2.05, 4.69) is 46.4 Å². The molecule has 1 unspecified atom stereocenters. The molecule has 104 valence electrons. The lowest BCUT2D eigenvalue weighted by molar-refractivity contribution is 0.251. The van der Waals surface area contributed by atoms with Gasteiger partial charge in [0.2, 0.25) is 0 Å². The van der Waals surface area contributed by atoms with Crippen LogP contribution in [0.5, 0.6) is 0 Å². The molecule has 1 aromatic rings. The van der Waals surface area contributed by atoms with Gasteiger partial charge in [-0.1, -0.05) is 12.1 Å². The number of likely N-dealkylation sites (tertiary alicyclic amines) is 1. The first-order valence-corrected chi connectivity index (χ1v) is 7.57. The van der Waals surface area contributed by atoms with Gasteiger partial charge in [-0.3, -0.25) is 0 Å². The van der Waals surface area contributed by atoms with E-state index in [0.29, 0.717) is 0 Å². The van der Waals surface area contributed by atoms with E-state index in [1.165, 1.54) is 37.2 Å². The van der Waals surface area contributed by atoms with Crippen molar-refractivity contribution < 1.29 is 0 Å². The molecule has 1 atom stereocenters. The van der Waals surface area contributed by atoms with Crippen LogP contribution in [0.15, 0.2) is 24.3 Å². The number of anilines is 1. The van der Waals surface area contributed by atoms with Gasteiger partial charge in [-0.05, 0) is 50.0 Å². The van der Waals surface area contributed by atoms with Gasteiger partial charge >= 0.3 is 0 Å². The van der Waals surface area contributed by atoms with Crippen molar-refractivity contribution in [3.63, 3.8) is 0 Å². The monoisotopic (exact) mass is 259 g/mol. The molecule has 2 saturated heterocycles. The summed E-state index contributed by atoms with van der Waals surface area (Å²) < 4.78 is 0. The molecule has 1 aromatic carbocycles. The Morgan fingerprint density at radius 2 is 1.79 bits per heavy atom. The number of benzene rings is 1. The molecular formula is C16H25N3. The molecule has 2 heterocycles. The zero-order valence-electron chi connectivity index (χ0n) is 11.9. The maximum Gasteiger partial charge on any atom is 0.0367 e. The Kier molecular flexibility index (Phi) is 4.04. The van der Waals surface area contributed by atoms with Crippen molar-refractivity contribution in [1.82, 2.24) is 10.2 Å². The average Bonchev–Trinajstić information content (AvgIpc) is 2.48. The van der Waals surface area contributed by atoms with Crippen molar-refractivity contribution in [2.45, 2.75) is 18.8 Å². The van der Waals surface area contributed by atoms with Gasteiger partial charge in [0, 0.05) is 38.4 Å². The van der Waals surface area contributed by atoms with Crippen LogP contribution in [0, 0.1) is 0 Å². The summed E-state index contributed by atoms with van der Waals surface area (Å²) in [5.74, 6) is 0.732. The average molecular weight is 259 g/mol. The number of nitrogens with one attached hydrogen (secondary N) is 1. The Bertz CT molecular complexity index is 395. The first-order valence-electron chi connectivity index (χ1n) is 7.57. The number of rotatable bonds is 2. The van der Waals surface area contributed by atoms with Gasteiger partial charge in [-0.25, -0.2) is 0 Å². The molecule has 1 N–H and O–H groups in total. The highest BCUT2D eigenvalue weighted by atomic mass is 15.2. The SMILES string of the molecule is CN1CCCC(c2ccc(N3CCNCC3)cc2)C1. The van der Waals surface area contributed by atoms with Crippen LogP contribution < -0.4 is 10.2 Å². The second kappa shape index (κ2) is 5.93. The van der Waals surface area contributed by atoms with Crippen molar-refractivity contribution in [2.24, 2.45) is 0 Å². The second-order valence-electron chi connectivity index (χ2n) is 5.93. The number of piperazine rings is 1. The van der Waals surface area contributed by atoms with Crippen LogP contribution in [-0.2, 0) is 0 Å². The van der Waals surface area contributed by atoms with Crippen molar-refractivity contribution >= 4 is 5.69 Å². The summed E-state index contributed by atoms with van der Waals surface area (Å²) in [5, 5.41) is 3.41. The minimum absolute atomic E-state index is 0.732. The van der Waals surface area contributed by atoms with Gasteiger partial charge in [0.15, 0.2) is 0 Å². The molecule has 0 aliphatic carbocycles. The molecule has 3 rings (SSSR count). The van der Waals surface area contributed by atoms with E-state index in [1.54, 1.807) is 0 Å². The molecule has 2 fully saturated rings. The second-order valence-corrected chi connectivity index (χ2v) is 5.93. The molecule has 0 aromatic heterocycles. The van der Waals surface area contributed by atoms with Crippen molar-refractivity contribution in [3.8, 4) is 0 Å². The highest BCUT2D eigenvalue weighted by Crippen LogP contribution is 2.27.